The van der Waals surface area contributed by atoms with Crippen molar-refractivity contribution < 1.29 is 19.0 Å². The maximum Gasteiger partial charge on any atom is 0.410 e. The summed E-state index contributed by atoms with van der Waals surface area (Å²) in [5, 5.41) is 9.80. The third-order valence-electron chi connectivity index (χ3n) is 10.5. The highest BCUT2D eigenvalue weighted by atomic mass is 35.5. The van der Waals surface area contributed by atoms with Crippen molar-refractivity contribution in [2.75, 3.05) is 50.8 Å². The molecular weight excluding hydrogens is 654 g/mol. The van der Waals surface area contributed by atoms with E-state index in [1.54, 1.807) is 0 Å². The molecule has 0 aliphatic carbocycles. The van der Waals surface area contributed by atoms with Gasteiger partial charge in [-0.1, -0.05) is 17.7 Å². The van der Waals surface area contributed by atoms with Crippen molar-refractivity contribution in [3.05, 3.63) is 35.0 Å². The third kappa shape index (κ3) is 6.66. The molecule has 268 valence electrons. The molecule has 1 spiro atoms. The van der Waals surface area contributed by atoms with Crippen LogP contribution in [0.1, 0.15) is 72.8 Å². The number of aryl methyl sites for hydroxylation is 1. The highest BCUT2D eigenvalue weighted by Crippen LogP contribution is 2.48. The average molecular weight is 704 g/mol. The Labute approximate surface area is 299 Å². The summed E-state index contributed by atoms with van der Waals surface area (Å²) < 4.78 is 18.7. The van der Waals surface area contributed by atoms with Crippen molar-refractivity contribution in [2.45, 2.75) is 91.9 Å². The van der Waals surface area contributed by atoms with E-state index in [-0.39, 0.29) is 17.6 Å². The number of piperidine rings is 2. The van der Waals surface area contributed by atoms with Crippen molar-refractivity contribution in [1.82, 2.24) is 30.0 Å². The number of halogens is 1. The van der Waals surface area contributed by atoms with Crippen molar-refractivity contribution in [3.63, 3.8) is 0 Å². The molecule has 0 atom stereocenters. The third-order valence-corrected chi connectivity index (χ3v) is 10.8. The maximum atomic E-state index is 12.7. The lowest BCUT2D eigenvalue weighted by molar-refractivity contribution is -0.0434. The van der Waals surface area contributed by atoms with E-state index in [2.05, 4.69) is 46.8 Å². The Morgan fingerprint density at radius 3 is 2.44 bits per heavy atom. The molecule has 0 unspecified atom stereocenters. The molecule has 4 aromatic rings. The topological polar surface area (TPSA) is 109 Å². The number of ether oxygens (including phenoxy) is 3. The normalized spacial score (nSPS) is 18.7. The van der Waals surface area contributed by atoms with Crippen LogP contribution in [0.3, 0.4) is 0 Å². The first-order valence-electron chi connectivity index (χ1n) is 18.1. The molecule has 1 amide bonds. The number of aromatic amines is 1. The first-order valence-corrected chi connectivity index (χ1v) is 18.5. The number of nitrogens with one attached hydrogen (secondary N) is 1. The van der Waals surface area contributed by atoms with Crippen LogP contribution >= 0.6 is 11.6 Å². The highest BCUT2D eigenvalue weighted by Gasteiger charge is 2.48. The number of aromatic nitrogens is 4. The summed E-state index contributed by atoms with van der Waals surface area (Å²) in [6.07, 6.45) is 5.34. The minimum atomic E-state index is -0.506. The summed E-state index contributed by atoms with van der Waals surface area (Å²) in [5.74, 6) is 1.42. The Morgan fingerprint density at radius 1 is 1.06 bits per heavy atom. The molecule has 7 rings (SSSR count). The molecule has 12 heteroatoms. The lowest BCUT2D eigenvalue weighted by Crippen LogP contribution is -2.62. The second-order valence-corrected chi connectivity index (χ2v) is 16.0. The van der Waals surface area contributed by atoms with Crippen LogP contribution in [-0.4, -0.2) is 99.7 Å². The van der Waals surface area contributed by atoms with Crippen molar-refractivity contribution >= 4 is 45.3 Å². The number of amides is 1. The van der Waals surface area contributed by atoms with Crippen LogP contribution in [0.2, 0.25) is 5.02 Å². The molecule has 3 fully saturated rings. The number of benzene rings is 2. The fourth-order valence-electron chi connectivity index (χ4n) is 7.83. The average Bonchev–Trinajstić information content (AvgIpc) is 3.53. The molecule has 3 aliphatic heterocycles. The molecule has 11 nitrogen and oxygen atoms in total. The van der Waals surface area contributed by atoms with Gasteiger partial charge in [0.1, 0.15) is 23.0 Å². The number of anilines is 1. The van der Waals surface area contributed by atoms with Gasteiger partial charge in [-0.2, -0.15) is 15.1 Å². The lowest BCUT2D eigenvalue weighted by atomic mass is 9.72. The van der Waals surface area contributed by atoms with E-state index >= 15 is 0 Å². The molecule has 3 saturated heterocycles. The van der Waals surface area contributed by atoms with Crippen LogP contribution in [0.25, 0.3) is 32.9 Å². The Balaban J connectivity index is 1.26. The second kappa shape index (κ2) is 13.4. The predicted octanol–water partition coefficient (Wildman–Crippen LogP) is 7.62. The van der Waals surface area contributed by atoms with E-state index < -0.39 is 5.60 Å². The van der Waals surface area contributed by atoms with Crippen molar-refractivity contribution in [2.24, 2.45) is 5.41 Å². The minimum absolute atomic E-state index is 0.0259. The van der Waals surface area contributed by atoms with Crippen LogP contribution in [0.4, 0.5) is 10.6 Å². The molecule has 50 heavy (non-hydrogen) atoms. The number of hydrogen-bond acceptors (Lipinski definition) is 9. The summed E-state index contributed by atoms with van der Waals surface area (Å²) in [4.78, 5) is 29.6. The number of hydrogen-bond donors (Lipinski definition) is 1. The van der Waals surface area contributed by atoms with Crippen LogP contribution in [0.15, 0.2) is 24.4 Å². The van der Waals surface area contributed by atoms with Gasteiger partial charge in [0.05, 0.1) is 23.3 Å². The van der Waals surface area contributed by atoms with Gasteiger partial charge in [-0.25, -0.2) is 4.79 Å². The Hall–Kier alpha value is -3.83. The van der Waals surface area contributed by atoms with Gasteiger partial charge in [0.2, 0.25) is 0 Å². The molecule has 5 heterocycles. The van der Waals surface area contributed by atoms with Gasteiger partial charge < -0.3 is 28.9 Å². The molecule has 1 N–H and O–H groups in total. The zero-order valence-electron chi connectivity index (χ0n) is 30.4. The van der Waals surface area contributed by atoms with Crippen molar-refractivity contribution in [3.8, 4) is 22.9 Å². The molecule has 0 saturated carbocycles. The van der Waals surface area contributed by atoms with E-state index in [1.165, 1.54) is 0 Å². The summed E-state index contributed by atoms with van der Waals surface area (Å²) in [7, 11) is 0. The smallest absolute Gasteiger partial charge is 0.410 e. The summed E-state index contributed by atoms with van der Waals surface area (Å²) >= 11 is 7.26. The Bertz CT molecular complexity index is 1880. The zero-order valence-corrected chi connectivity index (χ0v) is 31.2. The summed E-state index contributed by atoms with van der Waals surface area (Å²) in [5.41, 5.74) is 4.01. The van der Waals surface area contributed by atoms with Gasteiger partial charge in [0, 0.05) is 72.6 Å². The Morgan fingerprint density at radius 2 is 1.78 bits per heavy atom. The predicted molar refractivity (Wildman–Crippen MR) is 198 cm³/mol. The largest absolute Gasteiger partial charge is 0.491 e. The van der Waals surface area contributed by atoms with E-state index in [1.807, 2.05) is 50.9 Å². The first-order chi connectivity index (χ1) is 23.8. The van der Waals surface area contributed by atoms with E-state index in [9.17, 15) is 4.79 Å². The summed E-state index contributed by atoms with van der Waals surface area (Å²) in [6.45, 7) is 19.7. The Kier molecular flexibility index (Phi) is 9.26. The van der Waals surface area contributed by atoms with E-state index in [0.29, 0.717) is 48.0 Å². The van der Waals surface area contributed by atoms with Crippen LogP contribution in [-0.2, 0) is 4.74 Å². The second-order valence-electron chi connectivity index (χ2n) is 15.6. The lowest BCUT2D eigenvalue weighted by Gasteiger charge is -2.53. The molecule has 3 aliphatic rings. The number of rotatable bonds is 7. The number of nitrogens with zero attached hydrogens (tertiary/aromatic N) is 6. The minimum Gasteiger partial charge on any atom is -0.491 e. The molecule has 0 radical (unpaired) electrons. The van der Waals surface area contributed by atoms with Gasteiger partial charge in [0.25, 0.3) is 0 Å². The monoisotopic (exact) mass is 703 g/mol. The van der Waals surface area contributed by atoms with Crippen LogP contribution in [0.5, 0.6) is 11.8 Å². The maximum absolute atomic E-state index is 12.7. The van der Waals surface area contributed by atoms with Crippen LogP contribution in [0, 0.1) is 12.3 Å². The van der Waals surface area contributed by atoms with Gasteiger partial charge in [-0.15, -0.1) is 0 Å². The standard InChI is InChI=1S/C38H50ClN7O4/c1-8-48-33-31(30-24(4)9-10-29-27(30)20-40-43-29)28(39)19-26-32(33)41-35(49-25-11-15-44(16-12-25)23(2)3)42-34(26)45-17-13-38(14-18-45)21-46(22-38)36(47)50-37(5,6)7/h9-10,19-20,23,25H,8,11-18,21-22H2,1-7H3,(H,40,43). The molecule has 2 aromatic carbocycles. The van der Waals surface area contributed by atoms with Crippen molar-refractivity contribution in [1.29, 1.82) is 0 Å². The van der Waals surface area contributed by atoms with E-state index in [4.69, 9.17) is 35.8 Å². The molecular formula is C38H50ClN7O4. The SMILES string of the molecule is CCOc1c(-c2c(C)ccc3[nH]ncc23)c(Cl)cc2c(N3CCC4(CC3)CN(C(=O)OC(C)(C)C)C4)nc(OC3CCN(C(C)C)CC3)nc12. The number of likely N-dealkylation sites (tertiary alicyclic amines) is 2. The zero-order chi connectivity index (χ0) is 35.4. The number of carbonyl (C=O) groups is 1. The number of H-pyrrole nitrogens is 1. The summed E-state index contributed by atoms with van der Waals surface area (Å²) in [6, 6.07) is 6.97. The number of fused-ring (bicyclic) bond motifs is 2. The quantitative estimate of drug-likeness (QED) is 0.208. The molecule has 2 aromatic heterocycles. The van der Waals surface area contributed by atoms with E-state index in [0.717, 1.165) is 90.7 Å². The van der Waals surface area contributed by atoms with Gasteiger partial charge in [-0.05, 0) is 91.8 Å². The highest BCUT2D eigenvalue weighted by molar-refractivity contribution is 6.35. The van der Waals surface area contributed by atoms with Gasteiger partial charge in [-0.3, -0.25) is 5.10 Å². The van der Waals surface area contributed by atoms with Gasteiger partial charge >= 0.3 is 12.1 Å². The first kappa shape index (κ1) is 34.6. The number of carbonyl (C=O) groups excluding carboxylic acids is 1. The van der Waals surface area contributed by atoms with Crippen LogP contribution < -0.4 is 14.4 Å². The fraction of sp³-hybridized carbons (Fsp3) is 0.579. The van der Waals surface area contributed by atoms with Gasteiger partial charge in [0.15, 0.2) is 5.75 Å². The molecule has 0 bridgehead atoms. The fourth-order valence-corrected chi connectivity index (χ4v) is 8.12.